The molecule has 0 amide bonds. The molecule has 0 aliphatic carbocycles. The quantitative estimate of drug-likeness (QED) is 0.802. The van der Waals surface area contributed by atoms with Crippen molar-refractivity contribution in [3.8, 4) is 0 Å². The first-order chi connectivity index (χ1) is 6.99. The van der Waals surface area contributed by atoms with Crippen LogP contribution in [0.1, 0.15) is 39.2 Å². The SMILES string of the molecule is CCOC(C)(C)c1nc(=S)cc(CC)[nH]1. The van der Waals surface area contributed by atoms with Crippen molar-refractivity contribution in [2.45, 2.75) is 39.7 Å². The number of nitrogens with zero attached hydrogens (tertiary/aromatic N) is 1. The molecule has 0 aromatic carbocycles. The Morgan fingerprint density at radius 3 is 2.67 bits per heavy atom. The average molecular weight is 226 g/mol. The molecule has 0 aliphatic rings. The lowest BCUT2D eigenvalue weighted by Crippen LogP contribution is -2.25. The van der Waals surface area contributed by atoms with Gasteiger partial charge >= 0.3 is 0 Å². The predicted octanol–water partition coefficient (Wildman–Crippen LogP) is 2.97. The Bertz CT molecular complexity index is 384. The summed E-state index contributed by atoms with van der Waals surface area (Å²) in [5.41, 5.74) is 0.686. The number of nitrogens with one attached hydrogen (secondary N) is 1. The molecule has 15 heavy (non-hydrogen) atoms. The first-order valence-electron chi connectivity index (χ1n) is 5.24. The molecule has 0 aliphatic heterocycles. The molecule has 84 valence electrons. The van der Waals surface area contributed by atoms with Gasteiger partial charge < -0.3 is 9.72 Å². The van der Waals surface area contributed by atoms with Crippen molar-refractivity contribution in [1.29, 1.82) is 0 Å². The number of hydrogen-bond donors (Lipinski definition) is 1. The van der Waals surface area contributed by atoms with Gasteiger partial charge in [0, 0.05) is 12.3 Å². The number of aromatic amines is 1. The van der Waals surface area contributed by atoms with E-state index >= 15 is 0 Å². The molecule has 4 heteroatoms. The fourth-order valence-corrected chi connectivity index (χ4v) is 1.65. The molecule has 0 bridgehead atoms. The van der Waals surface area contributed by atoms with E-state index in [9.17, 15) is 0 Å². The summed E-state index contributed by atoms with van der Waals surface area (Å²) in [7, 11) is 0. The van der Waals surface area contributed by atoms with E-state index in [1.807, 2.05) is 26.8 Å². The van der Waals surface area contributed by atoms with Crippen LogP contribution in [0.2, 0.25) is 0 Å². The van der Waals surface area contributed by atoms with Gasteiger partial charge in [-0.2, -0.15) is 0 Å². The highest BCUT2D eigenvalue weighted by atomic mass is 32.1. The van der Waals surface area contributed by atoms with Crippen LogP contribution in [0.5, 0.6) is 0 Å². The molecule has 1 aromatic heterocycles. The summed E-state index contributed by atoms with van der Waals surface area (Å²) in [5, 5.41) is 0. The third-order valence-corrected chi connectivity index (χ3v) is 2.46. The third kappa shape index (κ3) is 3.11. The zero-order chi connectivity index (χ0) is 11.5. The van der Waals surface area contributed by atoms with Gasteiger partial charge in [0.1, 0.15) is 16.1 Å². The highest BCUT2D eigenvalue weighted by Gasteiger charge is 2.23. The molecule has 1 heterocycles. The molecule has 0 fully saturated rings. The molecular weight excluding hydrogens is 208 g/mol. The Morgan fingerprint density at radius 2 is 2.13 bits per heavy atom. The molecular formula is C11H18N2OS. The normalized spacial score (nSPS) is 11.7. The minimum Gasteiger partial charge on any atom is -0.368 e. The van der Waals surface area contributed by atoms with E-state index in [4.69, 9.17) is 17.0 Å². The lowest BCUT2D eigenvalue weighted by Gasteiger charge is -2.24. The van der Waals surface area contributed by atoms with Gasteiger partial charge in [0.25, 0.3) is 0 Å². The van der Waals surface area contributed by atoms with Gasteiger partial charge in [-0.1, -0.05) is 19.1 Å². The second-order valence-corrected chi connectivity index (χ2v) is 4.31. The van der Waals surface area contributed by atoms with E-state index in [0.717, 1.165) is 17.9 Å². The molecule has 0 radical (unpaired) electrons. The monoisotopic (exact) mass is 226 g/mol. The molecule has 0 saturated carbocycles. The number of aromatic nitrogens is 2. The van der Waals surface area contributed by atoms with Gasteiger partial charge in [-0.15, -0.1) is 0 Å². The fourth-order valence-electron chi connectivity index (χ4n) is 1.41. The molecule has 0 saturated heterocycles. The Hall–Kier alpha value is -0.740. The molecule has 0 unspecified atom stereocenters. The Morgan fingerprint density at radius 1 is 1.47 bits per heavy atom. The summed E-state index contributed by atoms with van der Waals surface area (Å²) in [4.78, 5) is 7.56. The molecule has 1 aromatic rings. The van der Waals surface area contributed by atoms with E-state index < -0.39 is 5.60 Å². The van der Waals surface area contributed by atoms with Crippen LogP contribution in [0.15, 0.2) is 6.07 Å². The van der Waals surface area contributed by atoms with E-state index in [-0.39, 0.29) is 0 Å². The third-order valence-electron chi connectivity index (χ3n) is 2.26. The maximum absolute atomic E-state index is 5.63. The van der Waals surface area contributed by atoms with Gasteiger partial charge in [0.15, 0.2) is 0 Å². The lowest BCUT2D eigenvalue weighted by atomic mass is 10.1. The van der Waals surface area contributed by atoms with Crippen LogP contribution >= 0.6 is 12.2 Å². The first kappa shape index (κ1) is 12.3. The van der Waals surface area contributed by atoms with Crippen molar-refractivity contribution in [3.63, 3.8) is 0 Å². The van der Waals surface area contributed by atoms with Crippen molar-refractivity contribution < 1.29 is 4.74 Å². The lowest BCUT2D eigenvalue weighted by molar-refractivity contribution is -0.0210. The molecule has 0 spiro atoms. The second kappa shape index (κ2) is 4.86. The summed E-state index contributed by atoms with van der Waals surface area (Å²) in [5.74, 6) is 0.800. The second-order valence-electron chi connectivity index (χ2n) is 3.89. The number of rotatable bonds is 4. The Kier molecular flexibility index (Phi) is 3.99. The van der Waals surface area contributed by atoms with Gasteiger partial charge in [0.2, 0.25) is 0 Å². The number of hydrogen-bond acceptors (Lipinski definition) is 3. The van der Waals surface area contributed by atoms with Crippen LogP contribution in [0.25, 0.3) is 0 Å². The van der Waals surface area contributed by atoms with E-state index in [2.05, 4.69) is 16.9 Å². The minimum atomic E-state index is -0.409. The van der Waals surface area contributed by atoms with Crippen molar-refractivity contribution in [3.05, 3.63) is 22.2 Å². The van der Waals surface area contributed by atoms with Crippen molar-refractivity contribution >= 4 is 12.2 Å². The predicted molar refractivity (Wildman–Crippen MR) is 63.5 cm³/mol. The van der Waals surface area contributed by atoms with Crippen LogP contribution in [0.3, 0.4) is 0 Å². The van der Waals surface area contributed by atoms with E-state index in [1.165, 1.54) is 0 Å². The summed E-state index contributed by atoms with van der Waals surface area (Å²) in [6.07, 6.45) is 0.918. The van der Waals surface area contributed by atoms with Gasteiger partial charge in [-0.3, -0.25) is 0 Å². The van der Waals surface area contributed by atoms with Crippen molar-refractivity contribution in [1.82, 2.24) is 9.97 Å². The topological polar surface area (TPSA) is 37.9 Å². The van der Waals surface area contributed by atoms with Crippen LogP contribution in [-0.4, -0.2) is 16.6 Å². The molecule has 1 N–H and O–H groups in total. The van der Waals surface area contributed by atoms with Crippen molar-refractivity contribution in [2.24, 2.45) is 0 Å². The Labute approximate surface area is 95.9 Å². The van der Waals surface area contributed by atoms with Gasteiger partial charge in [-0.25, -0.2) is 4.98 Å². The fraction of sp³-hybridized carbons (Fsp3) is 0.636. The Balaban J connectivity index is 3.13. The zero-order valence-electron chi connectivity index (χ0n) is 9.76. The number of H-pyrrole nitrogens is 1. The summed E-state index contributed by atoms with van der Waals surface area (Å²) >= 11 is 5.12. The van der Waals surface area contributed by atoms with Gasteiger partial charge in [0.05, 0.1) is 0 Å². The maximum Gasteiger partial charge on any atom is 0.139 e. The molecule has 0 atom stereocenters. The number of aryl methyl sites for hydroxylation is 1. The number of ether oxygens (including phenoxy) is 1. The summed E-state index contributed by atoms with van der Waals surface area (Å²) in [6, 6.07) is 1.89. The van der Waals surface area contributed by atoms with Crippen LogP contribution in [0, 0.1) is 4.64 Å². The van der Waals surface area contributed by atoms with Crippen LogP contribution < -0.4 is 0 Å². The van der Waals surface area contributed by atoms with Gasteiger partial charge in [-0.05, 0) is 33.3 Å². The van der Waals surface area contributed by atoms with E-state index in [0.29, 0.717) is 11.2 Å². The maximum atomic E-state index is 5.63. The standard InChI is InChI=1S/C11H18N2OS/c1-5-8-7-9(15)13-10(12-8)11(3,4)14-6-2/h7H,5-6H2,1-4H3,(H,12,13,15). The molecule has 1 rings (SSSR count). The molecule has 3 nitrogen and oxygen atoms in total. The minimum absolute atomic E-state index is 0.409. The average Bonchev–Trinajstić information content (AvgIpc) is 2.16. The summed E-state index contributed by atoms with van der Waals surface area (Å²) < 4.78 is 6.25. The largest absolute Gasteiger partial charge is 0.368 e. The van der Waals surface area contributed by atoms with Crippen LogP contribution in [0.4, 0.5) is 0 Å². The zero-order valence-corrected chi connectivity index (χ0v) is 10.6. The van der Waals surface area contributed by atoms with Crippen molar-refractivity contribution in [2.75, 3.05) is 6.61 Å². The highest BCUT2D eigenvalue weighted by molar-refractivity contribution is 7.71. The first-order valence-corrected chi connectivity index (χ1v) is 5.65. The van der Waals surface area contributed by atoms with E-state index in [1.54, 1.807) is 0 Å². The summed E-state index contributed by atoms with van der Waals surface area (Å²) in [6.45, 7) is 8.69. The van der Waals surface area contributed by atoms with Crippen LogP contribution in [-0.2, 0) is 16.8 Å². The highest BCUT2D eigenvalue weighted by Crippen LogP contribution is 2.21. The smallest absolute Gasteiger partial charge is 0.139 e.